The molecule has 1 atom stereocenters. The Morgan fingerprint density at radius 2 is 1.71 bits per heavy atom. The number of rotatable bonds is 6. The van der Waals surface area contributed by atoms with Crippen molar-refractivity contribution in [1.29, 1.82) is 0 Å². The lowest BCUT2D eigenvalue weighted by Gasteiger charge is -2.33. The molecule has 2 N–H and O–H groups in total. The first-order chi connectivity index (χ1) is 14.8. The maximum absolute atomic E-state index is 12.9. The lowest BCUT2D eigenvalue weighted by atomic mass is 9.99. The Morgan fingerprint density at radius 3 is 2.32 bits per heavy atom. The number of benzene rings is 2. The smallest absolute Gasteiger partial charge is 0.253 e. The quantitative estimate of drug-likeness (QED) is 0.722. The second-order valence-corrected chi connectivity index (χ2v) is 8.40. The third-order valence-electron chi connectivity index (χ3n) is 5.60. The topological polar surface area (TPSA) is 78.5 Å². The Kier molecular flexibility index (Phi) is 7.69. The van der Waals surface area contributed by atoms with Crippen LogP contribution < -0.4 is 10.6 Å². The molecule has 7 heteroatoms. The third-order valence-corrected chi connectivity index (χ3v) is 5.85. The number of amides is 3. The second kappa shape index (κ2) is 10.4. The summed E-state index contributed by atoms with van der Waals surface area (Å²) in [6, 6.07) is 14.0. The molecule has 0 radical (unpaired) electrons. The molecule has 6 nitrogen and oxygen atoms in total. The minimum Gasteiger partial charge on any atom is -0.351 e. The molecule has 1 aliphatic rings. The summed E-state index contributed by atoms with van der Waals surface area (Å²) >= 11 is 5.89. The van der Waals surface area contributed by atoms with Gasteiger partial charge in [-0.25, -0.2) is 0 Å². The predicted octanol–water partition coefficient (Wildman–Crippen LogP) is 3.12. The molecule has 1 fully saturated rings. The number of aryl methyl sites for hydroxylation is 1. The standard InChI is InChI=1S/C24H28ClN3O3/c1-16-5-3-4-6-19(16)15-22(26-17(2)29)23(30)27-21-11-13-28(14-12-21)24(31)18-7-9-20(25)10-8-18/h3-10,21-22H,11-15H2,1-2H3,(H,26,29)(H,27,30). The highest BCUT2D eigenvalue weighted by molar-refractivity contribution is 6.30. The molecule has 2 aromatic rings. The van der Waals surface area contributed by atoms with Crippen molar-refractivity contribution in [2.45, 2.75) is 45.2 Å². The monoisotopic (exact) mass is 441 g/mol. The van der Waals surface area contributed by atoms with Crippen LogP contribution >= 0.6 is 11.6 Å². The lowest BCUT2D eigenvalue weighted by molar-refractivity contribution is -0.128. The first-order valence-corrected chi connectivity index (χ1v) is 10.9. The van der Waals surface area contributed by atoms with Crippen molar-refractivity contribution in [1.82, 2.24) is 15.5 Å². The van der Waals surface area contributed by atoms with Crippen LogP contribution in [0, 0.1) is 6.92 Å². The number of carbonyl (C=O) groups excluding carboxylic acids is 3. The van der Waals surface area contributed by atoms with E-state index in [2.05, 4.69) is 10.6 Å². The van der Waals surface area contributed by atoms with Crippen LogP contribution in [0.15, 0.2) is 48.5 Å². The van der Waals surface area contributed by atoms with Gasteiger partial charge >= 0.3 is 0 Å². The van der Waals surface area contributed by atoms with Gasteiger partial charge in [-0.1, -0.05) is 35.9 Å². The Bertz CT molecular complexity index is 937. The summed E-state index contributed by atoms with van der Waals surface area (Å²) in [5.41, 5.74) is 2.72. The third kappa shape index (κ3) is 6.31. The van der Waals surface area contributed by atoms with E-state index in [0.29, 0.717) is 42.9 Å². The minimum absolute atomic E-state index is 0.0304. The molecule has 3 rings (SSSR count). The van der Waals surface area contributed by atoms with Crippen molar-refractivity contribution in [3.8, 4) is 0 Å². The zero-order valence-corrected chi connectivity index (χ0v) is 18.6. The summed E-state index contributed by atoms with van der Waals surface area (Å²) in [6.07, 6.45) is 1.77. The fourth-order valence-corrected chi connectivity index (χ4v) is 3.94. The summed E-state index contributed by atoms with van der Waals surface area (Å²) in [7, 11) is 0. The molecule has 2 aromatic carbocycles. The highest BCUT2D eigenvalue weighted by Crippen LogP contribution is 2.17. The van der Waals surface area contributed by atoms with Gasteiger partial charge in [0, 0.05) is 43.1 Å². The zero-order chi connectivity index (χ0) is 22.4. The second-order valence-electron chi connectivity index (χ2n) is 7.97. The van der Waals surface area contributed by atoms with Crippen LogP contribution in [0.1, 0.15) is 41.3 Å². The lowest BCUT2D eigenvalue weighted by Crippen LogP contribution is -2.53. The summed E-state index contributed by atoms with van der Waals surface area (Å²) in [5, 5.41) is 6.43. The molecule has 1 heterocycles. The van der Waals surface area contributed by atoms with Crippen LogP contribution in [0.5, 0.6) is 0 Å². The van der Waals surface area contributed by atoms with Crippen molar-refractivity contribution in [3.05, 3.63) is 70.2 Å². The maximum atomic E-state index is 12.9. The Labute approximate surface area is 188 Å². The van der Waals surface area contributed by atoms with E-state index in [4.69, 9.17) is 11.6 Å². The number of halogens is 1. The fraction of sp³-hybridized carbons (Fsp3) is 0.375. The summed E-state index contributed by atoms with van der Waals surface area (Å²) in [4.78, 5) is 39.0. The van der Waals surface area contributed by atoms with Gasteiger partial charge in [0.15, 0.2) is 0 Å². The van der Waals surface area contributed by atoms with E-state index >= 15 is 0 Å². The van der Waals surface area contributed by atoms with Gasteiger partial charge in [-0.2, -0.15) is 0 Å². The number of nitrogens with zero attached hydrogens (tertiary/aromatic N) is 1. The Hall–Kier alpha value is -2.86. The number of piperidine rings is 1. The predicted molar refractivity (Wildman–Crippen MR) is 121 cm³/mol. The summed E-state index contributed by atoms with van der Waals surface area (Å²) in [5.74, 6) is -0.463. The van der Waals surface area contributed by atoms with Gasteiger partial charge in [0.2, 0.25) is 11.8 Å². The maximum Gasteiger partial charge on any atom is 0.253 e. The number of nitrogens with one attached hydrogen (secondary N) is 2. The van der Waals surface area contributed by atoms with Gasteiger partial charge in [0.05, 0.1) is 0 Å². The first kappa shape index (κ1) is 22.8. The fourth-order valence-electron chi connectivity index (χ4n) is 3.82. The van der Waals surface area contributed by atoms with Gasteiger partial charge < -0.3 is 15.5 Å². The van der Waals surface area contributed by atoms with Crippen molar-refractivity contribution < 1.29 is 14.4 Å². The molecule has 1 aliphatic heterocycles. The highest BCUT2D eigenvalue weighted by atomic mass is 35.5. The number of hydrogen-bond donors (Lipinski definition) is 2. The average Bonchev–Trinajstić information content (AvgIpc) is 2.75. The van der Waals surface area contributed by atoms with Crippen LogP contribution in [0.2, 0.25) is 5.02 Å². The summed E-state index contributed by atoms with van der Waals surface area (Å²) in [6.45, 7) is 4.54. The number of likely N-dealkylation sites (tertiary alicyclic amines) is 1. The normalized spacial score (nSPS) is 15.3. The van der Waals surface area contributed by atoms with Gasteiger partial charge in [0.25, 0.3) is 5.91 Å². The van der Waals surface area contributed by atoms with Crippen molar-refractivity contribution in [2.75, 3.05) is 13.1 Å². The van der Waals surface area contributed by atoms with Crippen molar-refractivity contribution in [2.24, 2.45) is 0 Å². The molecule has 31 heavy (non-hydrogen) atoms. The molecule has 0 aliphatic carbocycles. The van der Waals surface area contributed by atoms with E-state index in [1.807, 2.05) is 31.2 Å². The molecule has 1 saturated heterocycles. The van der Waals surface area contributed by atoms with Crippen LogP contribution in [0.3, 0.4) is 0 Å². The zero-order valence-electron chi connectivity index (χ0n) is 17.9. The Morgan fingerprint density at radius 1 is 1.06 bits per heavy atom. The van der Waals surface area contributed by atoms with Gasteiger partial charge in [-0.15, -0.1) is 0 Å². The first-order valence-electron chi connectivity index (χ1n) is 10.5. The van der Waals surface area contributed by atoms with E-state index in [9.17, 15) is 14.4 Å². The van der Waals surface area contributed by atoms with E-state index in [-0.39, 0.29) is 23.8 Å². The van der Waals surface area contributed by atoms with Gasteiger partial charge in [-0.05, 0) is 55.2 Å². The molecular weight excluding hydrogens is 414 g/mol. The molecule has 3 amide bonds. The van der Waals surface area contributed by atoms with E-state index in [1.54, 1.807) is 29.2 Å². The molecule has 164 valence electrons. The largest absolute Gasteiger partial charge is 0.351 e. The molecule has 0 spiro atoms. The summed E-state index contributed by atoms with van der Waals surface area (Å²) < 4.78 is 0. The number of hydrogen-bond acceptors (Lipinski definition) is 3. The molecule has 0 saturated carbocycles. The van der Waals surface area contributed by atoms with Crippen molar-refractivity contribution in [3.63, 3.8) is 0 Å². The van der Waals surface area contributed by atoms with Gasteiger partial charge in [-0.3, -0.25) is 14.4 Å². The van der Waals surface area contributed by atoms with Crippen LogP contribution in [0.25, 0.3) is 0 Å². The van der Waals surface area contributed by atoms with Crippen LogP contribution in [-0.2, 0) is 16.0 Å². The average molecular weight is 442 g/mol. The van der Waals surface area contributed by atoms with E-state index in [1.165, 1.54) is 6.92 Å². The Balaban J connectivity index is 1.56. The van der Waals surface area contributed by atoms with E-state index < -0.39 is 6.04 Å². The molecule has 1 unspecified atom stereocenters. The van der Waals surface area contributed by atoms with Crippen LogP contribution in [0.4, 0.5) is 0 Å². The molecule has 0 bridgehead atoms. The molecule has 0 aromatic heterocycles. The minimum atomic E-state index is -0.632. The van der Waals surface area contributed by atoms with Crippen molar-refractivity contribution >= 4 is 29.3 Å². The highest BCUT2D eigenvalue weighted by Gasteiger charge is 2.27. The van der Waals surface area contributed by atoms with Crippen LogP contribution in [-0.4, -0.2) is 47.8 Å². The SMILES string of the molecule is CC(=O)NC(Cc1ccccc1C)C(=O)NC1CCN(C(=O)c2ccc(Cl)cc2)CC1. The molecular formula is C24H28ClN3O3. The number of carbonyl (C=O) groups is 3. The van der Waals surface area contributed by atoms with E-state index in [0.717, 1.165) is 11.1 Å². The van der Waals surface area contributed by atoms with Gasteiger partial charge in [0.1, 0.15) is 6.04 Å².